The summed E-state index contributed by atoms with van der Waals surface area (Å²) in [5.41, 5.74) is 4.24. The molecular formula is C26H30N6O4. The summed E-state index contributed by atoms with van der Waals surface area (Å²) >= 11 is 0. The third-order valence-electron chi connectivity index (χ3n) is 6.62. The number of nitrogens with one attached hydrogen (secondary N) is 1. The van der Waals surface area contributed by atoms with Crippen molar-refractivity contribution < 1.29 is 19.7 Å². The normalized spacial score (nSPS) is 18.3. The van der Waals surface area contributed by atoms with Crippen molar-refractivity contribution >= 4 is 17.2 Å². The maximum atomic E-state index is 10.7. The van der Waals surface area contributed by atoms with Crippen LogP contribution in [0.5, 0.6) is 11.6 Å². The largest absolute Gasteiger partial charge is 0.495 e. The summed E-state index contributed by atoms with van der Waals surface area (Å²) < 4.78 is 12.9. The second-order valence-corrected chi connectivity index (χ2v) is 8.77. The highest BCUT2D eigenvalue weighted by Gasteiger charge is 2.29. The molecule has 3 aromatic heterocycles. The Morgan fingerprint density at radius 3 is 2.78 bits per heavy atom. The number of ether oxygens (including phenoxy) is 2. The van der Waals surface area contributed by atoms with E-state index in [1.807, 2.05) is 42.5 Å². The molecule has 1 aliphatic heterocycles. The van der Waals surface area contributed by atoms with E-state index in [-0.39, 0.29) is 12.5 Å². The summed E-state index contributed by atoms with van der Waals surface area (Å²) in [7, 11) is 3.21. The fourth-order valence-corrected chi connectivity index (χ4v) is 4.80. The van der Waals surface area contributed by atoms with Crippen LogP contribution in [0.4, 0.5) is 11.6 Å². The maximum Gasteiger partial charge on any atom is 0.245 e. The zero-order chi connectivity index (χ0) is 25.1. The molecule has 5 rings (SSSR count). The highest BCUT2D eigenvalue weighted by molar-refractivity contribution is 5.71. The number of nitrogens with zero attached hydrogens (tertiary/aromatic N) is 5. The number of hydrogen-bond donors (Lipinski definition) is 3. The van der Waals surface area contributed by atoms with Crippen molar-refractivity contribution in [2.75, 3.05) is 45.8 Å². The monoisotopic (exact) mass is 490 g/mol. The Bertz CT molecular complexity index is 1340. The lowest BCUT2D eigenvalue weighted by Crippen LogP contribution is -2.43. The molecular weight excluding hydrogens is 460 g/mol. The summed E-state index contributed by atoms with van der Waals surface area (Å²) in [5, 5.41) is 27.9. The van der Waals surface area contributed by atoms with Gasteiger partial charge in [0.25, 0.3) is 0 Å². The highest BCUT2D eigenvalue weighted by Crippen LogP contribution is 2.35. The van der Waals surface area contributed by atoms with Crippen molar-refractivity contribution in [3.05, 3.63) is 60.4 Å². The van der Waals surface area contributed by atoms with Crippen molar-refractivity contribution in [2.24, 2.45) is 0 Å². The van der Waals surface area contributed by atoms with Crippen LogP contribution in [0.2, 0.25) is 0 Å². The number of aromatic nitrogens is 4. The van der Waals surface area contributed by atoms with Gasteiger partial charge in [0.15, 0.2) is 0 Å². The number of aliphatic hydroxyl groups is 2. The second-order valence-electron chi connectivity index (χ2n) is 8.77. The van der Waals surface area contributed by atoms with E-state index in [0.717, 1.165) is 41.0 Å². The van der Waals surface area contributed by atoms with Gasteiger partial charge in [-0.25, -0.2) is 14.5 Å². The zero-order valence-corrected chi connectivity index (χ0v) is 20.3. The molecule has 0 unspecified atom stereocenters. The molecule has 4 aromatic rings. The minimum absolute atomic E-state index is 0.00684. The average Bonchev–Trinajstić information content (AvgIpc) is 3.32. The van der Waals surface area contributed by atoms with Crippen LogP contribution < -0.4 is 14.8 Å². The Morgan fingerprint density at radius 2 is 2.00 bits per heavy atom. The van der Waals surface area contributed by atoms with Crippen LogP contribution in [0.25, 0.3) is 16.8 Å². The molecule has 36 heavy (non-hydrogen) atoms. The van der Waals surface area contributed by atoms with E-state index in [2.05, 4.69) is 20.2 Å². The SMILES string of the molecule is COc1cc([C@@H]2CCN(CCO)C[C@H]2O)ccc1Nc1ncc2ccc(-c3cccnc3OC)n2n1. The Morgan fingerprint density at radius 1 is 1.11 bits per heavy atom. The summed E-state index contributed by atoms with van der Waals surface area (Å²) in [6.45, 7) is 2.05. The first-order valence-electron chi connectivity index (χ1n) is 11.9. The number of anilines is 2. The Kier molecular flexibility index (Phi) is 6.99. The standard InChI is InChI=1S/C26H30N6O4/c1-35-24-14-17(19-9-11-31(12-13-33)16-23(19)34)5-7-21(24)29-26-28-15-18-6-8-22(32(18)30-26)20-4-3-10-27-25(20)36-2/h3-8,10,14-15,19,23,33-34H,9,11-13,16H2,1-2H3,(H,29,30)/t19-,23+/m0/s1. The Balaban J connectivity index is 1.40. The fourth-order valence-electron chi connectivity index (χ4n) is 4.80. The van der Waals surface area contributed by atoms with Gasteiger partial charge in [0, 0.05) is 25.2 Å². The van der Waals surface area contributed by atoms with Crippen LogP contribution in [0.3, 0.4) is 0 Å². The van der Waals surface area contributed by atoms with Gasteiger partial charge in [0.2, 0.25) is 11.8 Å². The quantitative estimate of drug-likeness (QED) is 0.343. The number of piperidine rings is 1. The molecule has 10 nitrogen and oxygen atoms in total. The number of benzene rings is 1. The lowest BCUT2D eigenvalue weighted by Gasteiger charge is -2.36. The van der Waals surface area contributed by atoms with Crippen molar-refractivity contribution in [2.45, 2.75) is 18.4 Å². The van der Waals surface area contributed by atoms with Gasteiger partial charge >= 0.3 is 0 Å². The van der Waals surface area contributed by atoms with Crippen molar-refractivity contribution in [1.29, 1.82) is 0 Å². The molecule has 0 saturated carbocycles. The predicted molar refractivity (Wildman–Crippen MR) is 136 cm³/mol. The smallest absolute Gasteiger partial charge is 0.245 e. The molecule has 3 N–H and O–H groups in total. The van der Waals surface area contributed by atoms with Crippen LogP contribution in [-0.4, -0.2) is 81.3 Å². The molecule has 2 atom stereocenters. The van der Waals surface area contributed by atoms with E-state index in [0.29, 0.717) is 30.7 Å². The zero-order valence-electron chi connectivity index (χ0n) is 20.3. The lowest BCUT2D eigenvalue weighted by atomic mass is 9.87. The van der Waals surface area contributed by atoms with E-state index >= 15 is 0 Å². The topological polar surface area (TPSA) is 117 Å². The number of pyridine rings is 1. The van der Waals surface area contributed by atoms with E-state index in [4.69, 9.17) is 14.6 Å². The van der Waals surface area contributed by atoms with Crippen molar-refractivity contribution in [1.82, 2.24) is 24.5 Å². The number of rotatable bonds is 8. The molecule has 0 spiro atoms. The van der Waals surface area contributed by atoms with Gasteiger partial charge in [-0.05, 0) is 54.9 Å². The maximum absolute atomic E-state index is 10.7. The molecule has 0 aliphatic carbocycles. The van der Waals surface area contributed by atoms with Gasteiger partial charge in [-0.1, -0.05) is 6.07 Å². The average molecular weight is 491 g/mol. The van der Waals surface area contributed by atoms with Gasteiger partial charge in [0.05, 0.1) is 55.6 Å². The lowest BCUT2D eigenvalue weighted by molar-refractivity contribution is 0.0434. The minimum Gasteiger partial charge on any atom is -0.495 e. The molecule has 4 heterocycles. The summed E-state index contributed by atoms with van der Waals surface area (Å²) in [6.07, 6.45) is 3.74. The van der Waals surface area contributed by atoms with Crippen LogP contribution in [0.1, 0.15) is 17.9 Å². The molecule has 1 fully saturated rings. The number of aliphatic hydroxyl groups excluding tert-OH is 2. The molecule has 1 aromatic carbocycles. The Labute approximate surface area is 209 Å². The molecule has 0 amide bonds. The van der Waals surface area contributed by atoms with E-state index < -0.39 is 6.10 Å². The summed E-state index contributed by atoms with van der Waals surface area (Å²) in [4.78, 5) is 10.8. The summed E-state index contributed by atoms with van der Waals surface area (Å²) in [6, 6.07) is 13.6. The number of likely N-dealkylation sites (tertiary alicyclic amines) is 1. The van der Waals surface area contributed by atoms with E-state index in [1.54, 1.807) is 31.1 Å². The summed E-state index contributed by atoms with van der Waals surface area (Å²) in [5.74, 6) is 1.58. The van der Waals surface area contributed by atoms with E-state index in [1.165, 1.54) is 0 Å². The number of fused-ring (bicyclic) bond motifs is 1. The molecule has 188 valence electrons. The van der Waals surface area contributed by atoms with Gasteiger partial charge < -0.3 is 25.0 Å². The van der Waals surface area contributed by atoms with Crippen LogP contribution in [-0.2, 0) is 0 Å². The predicted octanol–water partition coefficient (Wildman–Crippen LogP) is 2.69. The molecule has 10 heteroatoms. The van der Waals surface area contributed by atoms with Crippen molar-refractivity contribution in [3.8, 4) is 22.9 Å². The minimum atomic E-state index is -0.504. The number of methoxy groups -OCH3 is 2. The van der Waals surface area contributed by atoms with Gasteiger partial charge in [-0.3, -0.25) is 4.90 Å². The fraction of sp³-hybridized carbons (Fsp3) is 0.346. The van der Waals surface area contributed by atoms with Crippen LogP contribution >= 0.6 is 0 Å². The third-order valence-corrected chi connectivity index (χ3v) is 6.62. The first kappa shape index (κ1) is 24.0. The first-order valence-corrected chi connectivity index (χ1v) is 11.9. The van der Waals surface area contributed by atoms with Gasteiger partial charge in [-0.15, -0.1) is 5.10 Å². The molecule has 1 aliphatic rings. The van der Waals surface area contributed by atoms with Gasteiger partial charge in [-0.2, -0.15) is 0 Å². The second kappa shape index (κ2) is 10.5. The highest BCUT2D eigenvalue weighted by atomic mass is 16.5. The van der Waals surface area contributed by atoms with E-state index in [9.17, 15) is 10.2 Å². The third kappa shape index (κ3) is 4.70. The van der Waals surface area contributed by atoms with Gasteiger partial charge in [0.1, 0.15) is 5.75 Å². The van der Waals surface area contributed by atoms with Crippen LogP contribution in [0.15, 0.2) is 54.9 Å². The first-order chi connectivity index (χ1) is 17.6. The molecule has 1 saturated heterocycles. The molecule has 0 bridgehead atoms. The number of β-amino-alcohol motifs (C(OH)–C–C–N with tert-alkyl or cyclic N) is 2. The number of hydrogen-bond acceptors (Lipinski definition) is 9. The molecule has 0 radical (unpaired) electrons. The van der Waals surface area contributed by atoms with Crippen molar-refractivity contribution in [3.63, 3.8) is 0 Å². The Hall–Kier alpha value is -3.73. The van der Waals surface area contributed by atoms with Crippen LogP contribution in [0, 0.1) is 0 Å².